The fraction of sp³-hybridized carbons (Fsp3) is 0.0625. The number of nitrogens with two attached hydrogens (primary N) is 1. The molecular weight excluding hydrogens is 238 g/mol. The van der Waals surface area contributed by atoms with Crippen molar-refractivity contribution >= 4 is 6.09 Å². The monoisotopic (exact) mass is 253 g/mol. The maximum Gasteiger partial charge on any atom is 0.409 e. The zero-order valence-corrected chi connectivity index (χ0v) is 10.5. The first-order chi connectivity index (χ1) is 9.15. The highest BCUT2D eigenvalue weighted by molar-refractivity contribution is 5.66. The summed E-state index contributed by atoms with van der Waals surface area (Å²) in [7, 11) is 0. The van der Waals surface area contributed by atoms with E-state index in [-0.39, 0.29) is 0 Å². The molecule has 0 aromatic heterocycles. The van der Waals surface area contributed by atoms with Crippen molar-refractivity contribution in [2.75, 3.05) is 0 Å². The number of carbonyl (C=O) groups excluding carboxylic acids is 1. The van der Waals surface area contributed by atoms with Gasteiger partial charge in [0.05, 0.1) is 0 Å². The Labute approximate surface area is 112 Å². The van der Waals surface area contributed by atoms with Crippen LogP contribution in [0.1, 0.15) is 5.56 Å². The molecule has 3 heteroatoms. The van der Waals surface area contributed by atoms with Crippen LogP contribution in [0.4, 0.5) is 4.79 Å². The SMILES string of the molecule is C=C(Cc1ccc(-c2ccccc2)cc1)OC(N)=O. The van der Waals surface area contributed by atoms with E-state index in [1.807, 2.05) is 42.5 Å². The van der Waals surface area contributed by atoms with Gasteiger partial charge in [-0.2, -0.15) is 0 Å². The molecule has 1 amide bonds. The van der Waals surface area contributed by atoms with Gasteiger partial charge in [-0.1, -0.05) is 61.2 Å². The average molecular weight is 253 g/mol. The van der Waals surface area contributed by atoms with Gasteiger partial charge in [-0.25, -0.2) is 4.79 Å². The number of hydrogen-bond acceptors (Lipinski definition) is 2. The van der Waals surface area contributed by atoms with Crippen molar-refractivity contribution in [3.05, 3.63) is 72.5 Å². The lowest BCUT2D eigenvalue weighted by molar-refractivity contribution is 0.185. The number of benzene rings is 2. The molecule has 19 heavy (non-hydrogen) atoms. The highest BCUT2D eigenvalue weighted by Crippen LogP contribution is 2.20. The van der Waals surface area contributed by atoms with Crippen LogP contribution in [0.3, 0.4) is 0 Å². The van der Waals surface area contributed by atoms with Crippen molar-refractivity contribution < 1.29 is 9.53 Å². The van der Waals surface area contributed by atoms with Crippen LogP contribution in [-0.2, 0) is 11.2 Å². The molecule has 96 valence electrons. The Balaban J connectivity index is 2.07. The molecule has 2 N–H and O–H groups in total. The zero-order valence-electron chi connectivity index (χ0n) is 10.5. The predicted molar refractivity (Wildman–Crippen MR) is 75.4 cm³/mol. The summed E-state index contributed by atoms with van der Waals surface area (Å²) in [6.07, 6.45) is -0.358. The topological polar surface area (TPSA) is 52.3 Å². The Morgan fingerprint density at radius 1 is 1.00 bits per heavy atom. The number of amides is 1. The molecule has 2 aromatic carbocycles. The Kier molecular flexibility index (Phi) is 3.98. The van der Waals surface area contributed by atoms with Gasteiger partial charge in [0.1, 0.15) is 5.76 Å². The number of ether oxygens (including phenoxy) is 1. The van der Waals surface area contributed by atoms with E-state index in [2.05, 4.69) is 18.7 Å². The smallest absolute Gasteiger partial charge is 0.409 e. The van der Waals surface area contributed by atoms with E-state index in [0.29, 0.717) is 12.2 Å². The maximum absolute atomic E-state index is 10.6. The lowest BCUT2D eigenvalue weighted by Crippen LogP contribution is -2.13. The maximum atomic E-state index is 10.6. The Morgan fingerprint density at radius 2 is 1.58 bits per heavy atom. The summed E-state index contributed by atoms with van der Waals surface area (Å²) in [5.74, 6) is 0.347. The molecule has 0 aliphatic carbocycles. The standard InChI is InChI=1S/C16H15NO2/c1-12(19-16(17)18)11-13-7-9-15(10-8-13)14-5-3-2-4-6-14/h2-10H,1,11H2,(H2,17,18). The predicted octanol–water partition coefficient (Wildman–Crippen LogP) is 3.51. The summed E-state index contributed by atoms with van der Waals surface area (Å²) < 4.78 is 4.71. The second-order valence-electron chi connectivity index (χ2n) is 4.20. The number of allylic oxidation sites excluding steroid dienone is 1. The molecule has 3 nitrogen and oxygen atoms in total. The average Bonchev–Trinajstić information content (AvgIpc) is 2.39. The van der Waals surface area contributed by atoms with E-state index < -0.39 is 6.09 Å². The summed E-state index contributed by atoms with van der Waals surface area (Å²) in [6, 6.07) is 18.1. The highest BCUT2D eigenvalue weighted by Gasteiger charge is 2.03. The minimum atomic E-state index is -0.828. The molecule has 0 spiro atoms. The molecule has 0 heterocycles. The molecule has 0 saturated carbocycles. The van der Waals surface area contributed by atoms with E-state index in [1.54, 1.807) is 0 Å². The molecule has 2 aromatic rings. The molecule has 0 atom stereocenters. The van der Waals surface area contributed by atoms with E-state index in [9.17, 15) is 4.79 Å². The van der Waals surface area contributed by atoms with E-state index >= 15 is 0 Å². The Morgan fingerprint density at radius 3 is 2.16 bits per heavy atom. The second-order valence-corrected chi connectivity index (χ2v) is 4.20. The molecule has 0 aliphatic rings. The summed E-state index contributed by atoms with van der Waals surface area (Å²) in [5.41, 5.74) is 8.26. The van der Waals surface area contributed by atoms with Crippen LogP contribution in [0.2, 0.25) is 0 Å². The normalized spacial score (nSPS) is 9.89. The molecule has 0 unspecified atom stereocenters. The van der Waals surface area contributed by atoms with Gasteiger partial charge < -0.3 is 10.5 Å². The van der Waals surface area contributed by atoms with Crippen molar-refractivity contribution in [1.29, 1.82) is 0 Å². The van der Waals surface area contributed by atoms with Gasteiger partial charge in [0.15, 0.2) is 0 Å². The first-order valence-corrected chi connectivity index (χ1v) is 5.94. The van der Waals surface area contributed by atoms with E-state index in [0.717, 1.165) is 11.1 Å². The molecule has 2 rings (SSSR count). The second kappa shape index (κ2) is 5.87. The van der Waals surface area contributed by atoms with Crippen LogP contribution in [0.15, 0.2) is 66.9 Å². The van der Waals surface area contributed by atoms with Gasteiger partial charge in [0.25, 0.3) is 0 Å². The van der Waals surface area contributed by atoms with Gasteiger partial charge in [-0.15, -0.1) is 0 Å². The van der Waals surface area contributed by atoms with E-state index in [1.165, 1.54) is 5.56 Å². The minimum absolute atomic E-state index is 0.347. The fourth-order valence-electron chi connectivity index (χ4n) is 1.85. The van der Waals surface area contributed by atoms with Crippen molar-refractivity contribution in [3.63, 3.8) is 0 Å². The largest absolute Gasteiger partial charge is 0.415 e. The molecule has 0 saturated heterocycles. The summed E-state index contributed by atoms with van der Waals surface area (Å²) in [6.45, 7) is 3.65. The Hall–Kier alpha value is -2.55. The van der Waals surface area contributed by atoms with Crippen molar-refractivity contribution in [1.82, 2.24) is 0 Å². The fourth-order valence-corrected chi connectivity index (χ4v) is 1.85. The molecule has 0 fully saturated rings. The molecule has 0 radical (unpaired) electrons. The number of primary amides is 1. The van der Waals surface area contributed by atoms with Crippen LogP contribution in [0, 0.1) is 0 Å². The third kappa shape index (κ3) is 3.71. The number of hydrogen-bond donors (Lipinski definition) is 1. The van der Waals surface area contributed by atoms with Gasteiger partial charge in [0.2, 0.25) is 0 Å². The van der Waals surface area contributed by atoms with Crippen LogP contribution < -0.4 is 5.73 Å². The lowest BCUT2D eigenvalue weighted by Gasteiger charge is -2.06. The first kappa shape index (κ1) is 12.9. The molecule has 0 bridgehead atoms. The number of rotatable bonds is 4. The highest BCUT2D eigenvalue weighted by atomic mass is 16.5. The van der Waals surface area contributed by atoms with E-state index in [4.69, 9.17) is 10.5 Å². The van der Waals surface area contributed by atoms with Crippen molar-refractivity contribution in [2.24, 2.45) is 5.73 Å². The van der Waals surface area contributed by atoms with Gasteiger partial charge in [-0.05, 0) is 16.7 Å². The van der Waals surface area contributed by atoms with Gasteiger partial charge in [0, 0.05) is 6.42 Å². The zero-order chi connectivity index (χ0) is 13.7. The van der Waals surface area contributed by atoms with Crippen LogP contribution >= 0.6 is 0 Å². The van der Waals surface area contributed by atoms with Gasteiger partial charge in [-0.3, -0.25) is 0 Å². The Bertz CT molecular complexity index is 573. The van der Waals surface area contributed by atoms with Gasteiger partial charge >= 0.3 is 6.09 Å². The molecular formula is C16H15NO2. The third-order valence-corrected chi connectivity index (χ3v) is 2.71. The van der Waals surface area contributed by atoms with Crippen molar-refractivity contribution in [2.45, 2.75) is 6.42 Å². The summed E-state index contributed by atoms with van der Waals surface area (Å²) >= 11 is 0. The summed E-state index contributed by atoms with van der Waals surface area (Å²) in [4.78, 5) is 10.6. The summed E-state index contributed by atoms with van der Waals surface area (Å²) in [5, 5.41) is 0. The molecule has 0 aliphatic heterocycles. The minimum Gasteiger partial charge on any atom is -0.415 e. The van der Waals surface area contributed by atoms with Crippen LogP contribution in [0.25, 0.3) is 11.1 Å². The lowest BCUT2D eigenvalue weighted by atomic mass is 10.0. The third-order valence-electron chi connectivity index (χ3n) is 2.71. The van der Waals surface area contributed by atoms with Crippen LogP contribution in [0.5, 0.6) is 0 Å². The first-order valence-electron chi connectivity index (χ1n) is 5.94. The number of carbonyl (C=O) groups is 1. The quantitative estimate of drug-likeness (QED) is 0.848. The van der Waals surface area contributed by atoms with Crippen LogP contribution in [-0.4, -0.2) is 6.09 Å². The van der Waals surface area contributed by atoms with Crippen molar-refractivity contribution in [3.8, 4) is 11.1 Å².